The largest absolute Gasteiger partial charge is 0.373 e. The summed E-state index contributed by atoms with van der Waals surface area (Å²) in [6.45, 7) is 7.71. The molecule has 1 aromatic rings. The highest BCUT2D eigenvalue weighted by Crippen LogP contribution is 2.21. The van der Waals surface area contributed by atoms with E-state index in [-0.39, 0.29) is 11.4 Å². The summed E-state index contributed by atoms with van der Waals surface area (Å²) in [5, 5.41) is 15.6. The van der Waals surface area contributed by atoms with Crippen LogP contribution in [-0.4, -0.2) is 17.5 Å². The van der Waals surface area contributed by atoms with Gasteiger partial charge in [0.05, 0.1) is 11.3 Å². The van der Waals surface area contributed by atoms with Crippen molar-refractivity contribution >= 4 is 23.2 Å². The van der Waals surface area contributed by atoms with Crippen LogP contribution in [0.4, 0.5) is 5.69 Å². The van der Waals surface area contributed by atoms with Crippen LogP contribution in [0.2, 0.25) is 5.02 Å². The number of carbonyl (C=O) groups is 1. The first-order chi connectivity index (χ1) is 9.29. The van der Waals surface area contributed by atoms with Gasteiger partial charge in [0, 0.05) is 10.6 Å². The van der Waals surface area contributed by atoms with E-state index in [1.54, 1.807) is 25.1 Å². The summed E-state index contributed by atoms with van der Waals surface area (Å²) in [6, 6.07) is 6.55. The molecular weight excluding hydrogens is 274 g/mol. The van der Waals surface area contributed by atoms with E-state index in [9.17, 15) is 4.79 Å². The van der Waals surface area contributed by atoms with Gasteiger partial charge in [0.15, 0.2) is 0 Å². The Morgan fingerprint density at radius 2 is 2.15 bits per heavy atom. The molecule has 1 unspecified atom stereocenters. The maximum atomic E-state index is 12.1. The van der Waals surface area contributed by atoms with Crippen LogP contribution in [-0.2, 0) is 4.79 Å². The second-order valence-electron chi connectivity index (χ2n) is 5.39. The molecule has 0 bridgehead atoms. The molecule has 2 N–H and O–H groups in total. The first kappa shape index (κ1) is 16.3. The third kappa shape index (κ3) is 4.43. The summed E-state index contributed by atoms with van der Waals surface area (Å²) in [7, 11) is 0. The molecule has 4 nitrogen and oxygen atoms in total. The summed E-state index contributed by atoms with van der Waals surface area (Å²) < 4.78 is 0. The van der Waals surface area contributed by atoms with E-state index < -0.39 is 6.04 Å². The van der Waals surface area contributed by atoms with Gasteiger partial charge in [-0.15, -0.1) is 0 Å². The van der Waals surface area contributed by atoms with Crippen molar-refractivity contribution in [3.8, 4) is 6.07 Å². The number of nitrogens with zero attached hydrogens (tertiary/aromatic N) is 1. The van der Waals surface area contributed by atoms with Gasteiger partial charge >= 0.3 is 0 Å². The van der Waals surface area contributed by atoms with Crippen LogP contribution in [0.1, 0.15) is 39.7 Å². The standard InChI is InChI=1S/C15H20ClN3O/c1-5-15(3,4)19-14(20)10(2)18-13-8-12(16)7-6-11(13)9-17/h6-8,10,18H,5H2,1-4H3,(H,19,20). The van der Waals surface area contributed by atoms with E-state index in [1.807, 2.05) is 20.8 Å². The SMILES string of the molecule is CCC(C)(C)NC(=O)C(C)Nc1cc(Cl)ccc1C#N. The number of benzene rings is 1. The quantitative estimate of drug-likeness (QED) is 0.875. The van der Waals surface area contributed by atoms with E-state index in [0.717, 1.165) is 6.42 Å². The fourth-order valence-corrected chi connectivity index (χ4v) is 1.73. The van der Waals surface area contributed by atoms with E-state index >= 15 is 0 Å². The number of nitrogens with one attached hydrogen (secondary N) is 2. The fourth-order valence-electron chi connectivity index (χ4n) is 1.56. The lowest BCUT2D eigenvalue weighted by molar-refractivity contribution is -0.123. The van der Waals surface area contributed by atoms with Crippen molar-refractivity contribution in [3.05, 3.63) is 28.8 Å². The molecule has 0 aliphatic heterocycles. The van der Waals surface area contributed by atoms with Crippen LogP contribution in [0.25, 0.3) is 0 Å². The van der Waals surface area contributed by atoms with Crippen molar-refractivity contribution in [1.82, 2.24) is 5.32 Å². The molecule has 0 aliphatic carbocycles. The highest BCUT2D eigenvalue weighted by Gasteiger charge is 2.22. The molecule has 5 heteroatoms. The highest BCUT2D eigenvalue weighted by atomic mass is 35.5. The van der Waals surface area contributed by atoms with Crippen LogP contribution < -0.4 is 10.6 Å². The number of anilines is 1. The number of amides is 1. The normalized spacial score (nSPS) is 12.4. The molecule has 0 heterocycles. The Labute approximate surface area is 125 Å². The Bertz CT molecular complexity index is 534. The molecule has 0 aromatic heterocycles. The van der Waals surface area contributed by atoms with Gasteiger partial charge in [-0.2, -0.15) is 5.26 Å². The fraction of sp³-hybridized carbons (Fsp3) is 0.467. The van der Waals surface area contributed by atoms with Gasteiger partial charge in [-0.05, 0) is 45.4 Å². The summed E-state index contributed by atoms with van der Waals surface area (Å²) in [6.07, 6.45) is 0.839. The van der Waals surface area contributed by atoms with Crippen LogP contribution in [0.5, 0.6) is 0 Å². The smallest absolute Gasteiger partial charge is 0.242 e. The molecule has 1 amide bonds. The van der Waals surface area contributed by atoms with Crippen molar-refractivity contribution in [2.75, 3.05) is 5.32 Å². The number of carbonyl (C=O) groups excluding carboxylic acids is 1. The summed E-state index contributed by atoms with van der Waals surface area (Å²) >= 11 is 5.92. The van der Waals surface area contributed by atoms with Gasteiger partial charge in [0.2, 0.25) is 5.91 Å². The lowest BCUT2D eigenvalue weighted by Crippen LogP contribution is -2.48. The zero-order valence-corrected chi connectivity index (χ0v) is 13.0. The Kier molecular flexibility index (Phi) is 5.41. The van der Waals surface area contributed by atoms with Crippen molar-refractivity contribution in [1.29, 1.82) is 5.26 Å². The molecule has 0 fully saturated rings. The van der Waals surface area contributed by atoms with Crippen molar-refractivity contribution in [3.63, 3.8) is 0 Å². The van der Waals surface area contributed by atoms with Gasteiger partial charge in [0.25, 0.3) is 0 Å². The molecule has 1 atom stereocenters. The Morgan fingerprint density at radius 3 is 2.70 bits per heavy atom. The number of nitriles is 1. The molecule has 0 saturated heterocycles. The van der Waals surface area contributed by atoms with Gasteiger partial charge in [-0.3, -0.25) is 4.79 Å². The summed E-state index contributed by atoms with van der Waals surface area (Å²) in [5.41, 5.74) is 0.778. The van der Waals surface area contributed by atoms with Gasteiger partial charge in [-0.1, -0.05) is 18.5 Å². The monoisotopic (exact) mass is 293 g/mol. The number of hydrogen-bond donors (Lipinski definition) is 2. The molecule has 0 radical (unpaired) electrons. The van der Waals surface area contributed by atoms with E-state index in [2.05, 4.69) is 16.7 Å². The van der Waals surface area contributed by atoms with Crippen molar-refractivity contribution < 1.29 is 4.79 Å². The first-order valence-corrected chi connectivity index (χ1v) is 6.95. The first-order valence-electron chi connectivity index (χ1n) is 6.57. The maximum Gasteiger partial charge on any atom is 0.242 e. The molecular formula is C15H20ClN3O. The summed E-state index contributed by atoms with van der Waals surface area (Å²) in [5.74, 6) is -0.110. The molecule has 0 aliphatic rings. The minimum atomic E-state index is -0.452. The van der Waals surface area contributed by atoms with Gasteiger partial charge in [0.1, 0.15) is 12.1 Å². The second kappa shape index (κ2) is 6.62. The van der Waals surface area contributed by atoms with Crippen LogP contribution >= 0.6 is 11.6 Å². The lowest BCUT2D eigenvalue weighted by Gasteiger charge is -2.27. The number of rotatable bonds is 5. The molecule has 0 spiro atoms. The minimum Gasteiger partial charge on any atom is -0.373 e. The summed E-state index contributed by atoms with van der Waals surface area (Å²) in [4.78, 5) is 12.1. The van der Waals surface area contributed by atoms with Crippen molar-refractivity contribution in [2.45, 2.75) is 45.7 Å². The molecule has 0 saturated carbocycles. The third-order valence-electron chi connectivity index (χ3n) is 3.21. The predicted octanol–water partition coefficient (Wildman–Crippen LogP) is 3.32. The molecule has 1 aromatic carbocycles. The topological polar surface area (TPSA) is 64.9 Å². The zero-order chi connectivity index (χ0) is 15.3. The third-order valence-corrected chi connectivity index (χ3v) is 3.45. The highest BCUT2D eigenvalue weighted by molar-refractivity contribution is 6.30. The number of hydrogen-bond acceptors (Lipinski definition) is 3. The average molecular weight is 294 g/mol. The maximum absolute atomic E-state index is 12.1. The molecule has 1 rings (SSSR count). The number of halogens is 1. The lowest BCUT2D eigenvalue weighted by atomic mass is 10.0. The molecule has 108 valence electrons. The Hall–Kier alpha value is -1.73. The Balaban J connectivity index is 2.81. The van der Waals surface area contributed by atoms with Crippen LogP contribution in [0, 0.1) is 11.3 Å². The second-order valence-corrected chi connectivity index (χ2v) is 5.83. The van der Waals surface area contributed by atoms with Crippen LogP contribution in [0.15, 0.2) is 18.2 Å². The van der Waals surface area contributed by atoms with Crippen LogP contribution in [0.3, 0.4) is 0 Å². The van der Waals surface area contributed by atoms with E-state index in [4.69, 9.17) is 16.9 Å². The van der Waals surface area contributed by atoms with E-state index in [1.165, 1.54) is 0 Å². The zero-order valence-electron chi connectivity index (χ0n) is 12.2. The predicted molar refractivity (Wildman–Crippen MR) is 81.8 cm³/mol. The molecule has 20 heavy (non-hydrogen) atoms. The Morgan fingerprint density at radius 1 is 1.50 bits per heavy atom. The van der Waals surface area contributed by atoms with E-state index in [0.29, 0.717) is 16.3 Å². The van der Waals surface area contributed by atoms with Gasteiger partial charge in [-0.25, -0.2) is 0 Å². The van der Waals surface area contributed by atoms with Gasteiger partial charge < -0.3 is 10.6 Å². The van der Waals surface area contributed by atoms with Crippen molar-refractivity contribution in [2.24, 2.45) is 0 Å². The average Bonchev–Trinajstić information content (AvgIpc) is 2.38. The minimum absolute atomic E-state index is 0.110.